The van der Waals surface area contributed by atoms with Crippen LogP contribution < -0.4 is 0 Å². The van der Waals surface area contributed by atoms with Gasteiger partial charge in [-0.15, -0.1) is 11.8 Å². The summed E-state index contributed by atoms with van der Waals surface area (Å²) in [7, 11) is 0. The van der Waals surface area contributed by atoms with E-state index in [-0.39, 0.29) is 0 Å². The average Bonchev–Trinajstić information content (AvgIpc) is 2.03. The van der Waals surface area contributed by atoms with E-state index in [0.29, 0.717) is 6.42 Å². The molecule has 11 heavy (non-hydrogen) atoms. The molecule has 0 heterocycles. The Bertz CT molecular complexity index is 139. The molecule has 0 spiro atoms. The first kappa shape index (κ1) is 10.2. The smallest absolute Gasteiger partial charge is 0.120 e. The Hall–Kier alpha value is -0.770. The SMILES string of the molecule is CCCCC#CCCCC=O. The summed E-state index contributed by atoms with van der Waals surface area (Å²) in [5.41, 5.74) is 0. The first-order valence-corrected chi connectivity index (χ1v) is 4.31. The van der Waals surface area contributed by atoms with Crippen LogP contribution in [0.25, 0.3) is 0 Å². The number of carbonyl (C=O) groups is 1. The van der Waals surface area contributed by atoms with Gasteiger partial charge in [0.15, 0.2) is 0 Å². The predicted octanol–water partition coefficient (Wildman–Crippen LogP) is 2.55. The topological polar surface area (TPSA) is 17.1 Å². The van der Waals surface area contributed by atoms with Crippen LogP contribution in [0.2, 0.25) is 0 Å². The third-order valence-electron chi connectivity index (χ3n) is 1.40. The van der Waals surface area contributed by atoms with Crippen molar-refractivity contribution >= 4 is 6.29 Å². The van der Waals surface area contributed by atoms with Crippen molar-refractivity contribution < 1.29 is 4.79 Å². The van der Waals surface area contributed by atoms with Crippen molar-refractivity contribution in [3.8, 4) is 11.8 Å². The molecule has 0 aromatic heterocycles. The van der Waals surface area contributed by atoms with Crippen LogP contribution >= 0.6 is 0 Å². The minimum absolute atomic E-state index is 0.655. The molecular weight excluding hydrogens is 136 g/mol. The zero-order valence-corrected chi connectivity index (χ0v) is 7.23. The van der Waals surface area contributed by atoms with Crippen molar-refractivity contribution in [2.24, 2.45) is 0 Å². The Morgan fingerprint density at radius 2 is 1.82 bits per heavy atom. The van der Waals surface area contributed by atoms with E-state index in [4.69, 9.17) is 0 Å². The first-order valence-electron chi connectivity index (χ1n) is 4.31. The lowest BCUT2D eigenvalue weighted by molar-refractivity contribution is -0.107. The van der Waals surface area contributed by atoms with E-state index in [2.05, 4.69) is 18.8 Å². The molecule has 0 aromatic rings. The summed E-state index contributed by atoms with van der Waals surface area (Å²) >= 11 is 0. The van der Waals surface area contributed by atoms with E-state index in [1.54, 1.807) is 0 Å². The van der Waals surface area contributed by atoms with Crippen molar-refractivity contribution in [2.75, 3.05) is 0 Å². The monoisotopic (exact) mass is 152 g/mol. The van der Waals surface area contributed by atoms with Crippen molar-refractivity contribution in [3.63, 3.8) is 0 Å². The molecule has 1 nitrogen and oxygen atoms in total. The standard InChI is InChI=1S/C10H16O/c1-2-3-4-5-6-7-8-9-10-11/h10H,2-4,7-9H2,1H3. The number of carbonyl (C=O) groups excluding carboxylic acids is 1. The van der Waals surface area contributed by atoms with Crippen molar-refractivity contribution in [1.82, 2.24) is 0 Å². The van der Waals surface area contributed by atoms with Crippen molar-refractivity contribution in [2.45, 2.75) is 45.4 Å². The van der Waals surface area contributed by atoms with Gasteiger partial charge in [-0.3, -0.25) is 0 Å². The average molecular weight is 152 g/mol. The Kier molecular flexibility index (Phi) is 8.58. The first-order chi connectivity index (χ1) is 5.41. The maximum Gasteiger partial charge on any atom is 0.120 e. The Morgan fingerprint density at radius 3 is 2.36 bits per heavy atom. The molecule has 0 saturated carbocycles. The lowest BCUT2D eigenvalue weighted by Crippen LogP contribution is -1.74. The summed E-state index contributed by atoms with van der Waals surface area (Å²) in [6.07, 6.45) is 6.82. The van der Waals surface area contributed by atoms with Crippen LogP contribution in [0.5, 0.6) is 0 Å². The molecule has 0 aliphatic rings. The second-order valence-electron chi connectivity index (χ2n) is 2.52. The minimum Gasteiger partial charge on any atom is -0.303 e. The third kappa shape index (κ3) is 9.23. The third-order valence-corrected chi connectivity index (χ3v) is 1.40. The summed E-state index contributed by atoms with van der Waals surface area (Å²) in [4.78, 5) is 9.89. The van der Waals surface area contributed by atoms with Crippen molar-refractivity contribution in [1.29, 1.82) is 0 Å². The normalized spacial score (nSPS) is 8.45. The van der Waals surface area contributed by atoms with Gasteiger partial charge in [-0.1, -0.05) is 13.3 Å². The van der Waals surface area contributed by atoms with Crippen LogP contribution in [0.15, 0.2) is 0 Å². The largest absolute Gasteiger partial charge is 0.303 e. The molecule has 0 bridgehead atoms. The summed E-state index contributed by atoms with van der Waals surface area (Å²) < 4.78 is 0. The number of aldehydes is 1. The molecule has 0 saturated heterocycles. The van der Waals surface area contributed by atoms with Gasteiger partial charge < -0.3 is 4.79 Å². The van der Waals surface area contributed by atoms with Gasteiger partial charge in [0.2, 0.25) is 0 Å². The van der Waals surface area contributed by atoms with Gasteiger partial charge in [0.05, 0.1) is 0 Å². The van der Waals surface area contributed by atoms with Crippen LogP contribution in [0.4, 0.5) is 0 Å². The molecular formula is C10H16O. The maximum absolute atomic E-state index is 9.89. The number of rotatable bonds is 5. The van der Waals surface area contributed by atoms with Crippen LogP contribution in [-0.2, 0) is 4.79 Å². The maximum atomic E-state index is 9.89. The summed E-state index contributed by atoms with van der Waals surface area (Å²) in [6, 6.07) is 0. The highest BCUT2D eigenvalue weighted by Gasteiger charge is 1.80. The minimum atomic E-state index is 0.655. The highest BCUT2D eigenvalue weighted by atomic mass is 16.1. The molecule has 0 aromatic carbocycles. The number of hydrogen-bond donors (Lipinski definition) is 0. The molecule has 0 unspecified atom stereocenters. The number of unbranched alkanes of at least 4 members (excludes halogenated alkanes) is 4. The fraction of sp³-hybridized carbons (Fsp3) is 0.700. The van der Waals surface area contributed by atoms with Gasteiger partial charge in [-0.2, -0.15) is 0 Å². The number of hydrogen-bond acceptors (Lipinski definition) is 1. The van der Waals surface area contributed by atoms with Crippen LogP contribution in [0.3, 0.4) is 0 Å². The van der Waals surface area contributed by atoms with Crippen LogP contribution in [0, 0.1) is 11.8 Å². The van der Waals surface area contributed by atoms with Crippen LogP contribution in [0.1, 0.15) is 45.4 Å². The lowest BCUT2D eigenvalue weighted by atomic mass is 10.2. The Morgan fingerprint density at radius 1 is 1.18 bits per heavy atom. The highest BCUT2D eigenvalue weighted by Crippen LogP contribution is 1.93. The van der Waals surface area contributed by atoms with E-state index in [1.165, 1.54) is 12.8 Å². The van der Waals surface area contributed by atoms with Gasteiger partial charge in [0.25, 0.3) is 0 Å². The molecule has 0 aliphatic heterocycles. The van der Waals surface area contributed by atoms with E-state index in [0.717, 1.165) is 25.5 Å². The second-order valence-corrected chi connectivity index (χ2v) is 2.52. The quantitative estimate of drug-likeness (QED) is 0.336. The van der Waals surface area contributed by atoms with Crippen LogP contribution in [-0.4, -0.2) is 6.29 Å². The Balaban J connectivity index is 3.05. The van der Waals surface area contributed by atoms with Crippen molar-refractivity contribution in [3.05, 3.63) is 0 Å². The molecule has 0 N–H and O–H groups in total. The highest BCUT2D eigenvalue weighted by molar-refractivity contribution is 5.49. The van der Waals surface area contributed by atoms with E-state index < -0.39 is 0 Å². The molecule has 0 amide bonds. The second kappa shape index (κ2) is 9.23. The van der Waals surface area contributed by atoms with E-state index in [1.807, 2.05) is 0 Å². The molecule has 62 valence electrons. The molecule has 1 heteroatoms. The fourth-order valence-corrected chi connectivity index (χ4v) is 0.716. The van der Waals surface area contributed by atoms with Gasteiger partial charge in [-0.25, -0.2) is 0 Å². The predicted molar refractivity (Wildman–Crippen MR) is 47.2 cm³/mol. The molecule has 0 aliphatic carbocycles. The van der Waals surface area contributed by atoms with Gasteiger partial charge in [0.1, 0.15) is 6.29 Å². The van der Waals surface area contributed by atoms with Gasteiger partial charge in [0, 0.05) is 19.3 Å². The molecule has 0 radical (unpaired) electrons. The summed E-state index contributed by atoms with van der Waals surface area (Å²) in [6.45, 7) is 2.16. The Labute approximate surface area is 69.2 Å². The summed E-state index contributed by atoms with van der Waals surface area (Å²) in [5.74, 6) is 6.13. The summed E-state index contributed by atoms with van der Waals surface area (Å²) in [5, 5.41) is 0. The van der Waals surface area contributed by atoms with E-state index >= 15 is 0 Å². The van der Waals surface area contributed by atoms with E-state index in [9.17, 15) is 4.79 Å². The molecule has 0 fully saturated rings. The lowest BCUT2D eigenvalue weighted by Gasteiger charge is -1.85. The zero-order chi connectivity index (χ0) is 8.36. The molecule has 0 rings (SSSR count). The zero-order valence-electron chi connectivity index (χ0n) is 7.23. The van der Waals surface area contributed by atoms with Gasteiger partial charge >= 0.3 is 0 Å². The fourth-order valence-electron chi connectivity index (χ4n) is 0.716. The molecule has 0 atom stereocenters. The van der Waals surface area contributed by atoms with Gasteiger partial charge in [-0.05, 0) is 12.8 Å².